The van der Waals surface area contributed by atoms with Crippen molar-refractivity contribution in [2.75, 3.05) is 17.7 Å². The van der Waals surface area contributed by atoms with Crippen molar-refractivity contribution in [1.29, 1.82) is 0 Å². The molecule has 0 saturated carbocycles. The van der Waals surface area contributed by atoms with Crippen molar-refractivity contribution in [3.05, 3.63) is 51.9 Å². The highest BCUT2D eigenvalue weighted by Gasteiger charge is 2.22. The third kappa shape index (κ3) is 4.86. The van der Waals surface area contributed by atoms with Crippen LogP contribution in [0.25, 0.3) is 10.7 Å². The summed E-state index contributed by atoms with van der Waals surface area (Å²) in [6.45, 7) is 1.39. The Hall–Kier alpha value is -2.76. The molecule has 1 atom stereocenters. The van der Waals surface area contributed by atoms with Crippen molar-refractivity contribution in [2.45, 2.75) is 30.6 Å². The molecule has 156 valence electrons. The zero-order chi connectivity index (χ0) is 20.9. The average Bonchev–Trinajstić information content (AvgIpc) is 3.49. The van der Waals surface area contributed by atoms with Gasteiger partial charge >= 0.3 is 0 Å². The summed E-state index contributed by atoms with van der Waals surface area (Å²) < 4.78 is 7.78. The number of thiophene rings is 1. The Morgan fingerprint density at radius 2 is 2.27 bits per heavy atom. The van der Waals surface area contributed by atoms with Crippen molar-refractivity contribution < 1.29 is 14.5 Å². The molecule has 4 rings (SSSR count). The number of benzene rings is 1. The number of amides is 1. The van der Waals surface area contributed by atoms with Gasteiger partial charge in [-0.2, -0.15) is 0 Å². The van der Waals surface area contributed by atoms with Crippen LogP contribution in [-0.2, 0) is 16.1 Å². The van der Waals surface area contributed by atoms with Crippen molar-refractivity contribution in [1.82, 2.24) is 14.8 Å². The molecule has 0 aliphatic carbocycles. The molecule has 1 unspecified atom stereocenters. The second-order valence-corrected chi connectivity index (χ2v) is 8.56. The molecular weight excluding hydrogens is 426 g/mol. The summed E-state index contributed by atoms with van der Waals surface area (Å²) in [6, 6.07) is 9.81. The number of nitrogens with zero attached hydrogens (tertiary/aromatic N) is 4. The maximum atomic E-state index is 12.4. The highest BCUT2D eigenvalue weighted by atomic mass is 32.2. The van der Waals surface area contributed by atoms with Crippen LogP contribution in [0.5, 0.6) is 0 Å². The van der Waals surface area contributed by atoms with E-state index in [1.54, 1.807) is 17.4 Å². The molecule has 11 heteroatoms. The maximum Gasteiger partial charge on any atom is 0.271 e. The van der Waals surface area contributed by atoms with Crippen LogP contribution in [0.2, 0.25) is 0 Å². The molecule has 3 aromatic rings. The van der Waals surface area contributed by atoms with E-state index < -0.39 is 4.92 Å². The van der Waals surface area contributed by atoms with Crippen LogP contribution in [0.4, 0.5) is 11.4 Å². The molecule has 0 spiro atoms. The molecule has 2 aromatic heterocycles. The first-order valence-corrected chi connectivity index (χ1v) is 11.2. The molecule has 1 aliphatic heterocycles. The van der Waals surface area contributed by atoms with Gasteiger partial charge in [0, 0.05) is 24.4 Å². The molecule has 9 nitrogen and oxygen atoms in total. The van der Waals surface area contributed by atoms with Crippen LogP contribution in [0, 0.1) is 10.1 Å². The number of carbonyl (C=O) groups is 1. The summed E-state index contributed by atoms with van der Waals surface area (Å²) in [5.41, 5.74) is 0.312. The topological polar surface area (TPSA) is 112 Å². The molecule has 1 aromatic carbocycles. The monoisotopic (exact) mass is 445 g/mol. The normalized spacial score (nSPS) is 15.9. The van der Waals surface area contributed by atoms with E-state index in [1.807, 2.05) is 22.1 Å². The van der Waals surface area contributed by atoms with E-state index in [-0.39, 0.29) is 23.5 Å². The molecule has 1 saturated heterocycles. The first-order chi connectivity index (χ1) is 14.6. The fourth-order valence-corrected chi connectivity index (χ4v) is 4.63. The van der Waals surface area contributed by atoms with Crippen LogP contribution < -0.4 is 5.32 Å². The van der Waals surface area contributed by atoms with E-state index >= 15 is 0 Å². The van der Waals surface area contributed by atoms with Crippen LogP contribution in [0.3, 0.4) is 0 Å². The van der Waals surface area contributed by atoms with Gasteiger partial charge in [0.05, 0.1) is 28.2 Å². The molecule has 1 aliphatic rings. The summed E-state index contributed by atoms with van der Waals surface area (Å²) in [5.74, 6) is 0.600. The van der Waals surface area contributed by atoms with Gasteiger partial charge in [-0.15, -0.1) is 21.5 Å². The maximum absolute atomic E-state index is 12.4. The fraction of sp³-hybridized carbons (Fsp3) is 0.316. The van der Waals surface area contributed by atoms with Gasteiger partial charge in [-0.1, -0.05) is 23.9 Å². The van der Waals surface area contributed by atoms with Crippen molar-refractivity contribution in [2.24, 2.45) is 0 Å². The minimum atomic E-state index is -0.496. The first-order valence-electron chi connectivity index (χ1n) is 9.36. The number of nitro groups is 1. The summed E-state index contributed by atoms with van der Waals surface area (Å²) in [4.78, 5) is 23.8. The number of nitro benzene ring substituents is 1. The van der Waals surface area contributed by atoms with Crippen LogP contribution in [0.1, 0.15) is 12.8 Å². The van der Waals surface area contributed by atoms with Crippen molar-refractivity contribution >= 4 is 40.4 Å². The van der Waals surface area contributed by atoms with E-state index in [4.69, 9.17) is 4.74 Å². The van der Waals surface area contributed by atoms with Gasteiger partial charge < -0.3 is 10.1 Å². The Bertz CT molecular complexity index is 1030. The molecule has 1 N–H and O–H groups in total. The van der Waals surface area contributed by atoms with E-state index in [0.717, 1.165) is 30.2 Å². The van der Waals surface area contributed by atoms with Gasteiger partial charge in [-0.3, -0.25) is 19.5 Å². The molecule has 1 fully saturated rings. The van der Waals surface area contributed by atoms with Crippen molar-refractivity contribution in [3.8, 4) is 10.7 Å². The van der Waals surface area contributed by atoms with Gasteiger partial charge in [-0.25, -0.2) is 0 Å². The summed E-state index contributed by atoms with van der Waals surface area (Å²) in [5, 5.41) is 24.8. The van der Waals surface area contributed by atoms with Gasteiger partial charge in [-0.05, 0) is 30.4 Å². The molecule has 1 amide bonds. The Labute approximate surface area is 180 Å². The second kappa shape index (κ2) is 9.37. The molecule has 3 heterocycles. The van der Waals surface area contributed by atoms with Crippen LogP contribution in [-0.4, -0.2) is 44.1 Å². The first kappa shape index (κ1) is 20.5. The molecule has 0 bridgehead atoms. The van der Waals surface area contributed by atoms with Crippen LogP contribution in [0.15, 0.2) is 46.9 Å². The standard InChI is InChI=1S/C19H19N5O4S2/c25-17(20-13-4-1-5-14(10-13)24(26)27)12-30-19-22-21-18(16-7-3-9-29-16)23(19)11-15-6-2-8-28-15/h1,3-5,7,9-10,15H,2,6,8,11-12H2,(H,20,25). The van der Waals surface area contributed by atoms with Gasteiger partial charge in [0.1, 0.15) is 0 Å². The lowest BCUT2D eigenvalue weighted by Crippen LogP contribution is -2.18. The number of aromatic nitrogens is 3. The van der Waals surface area contributed by atoms with Gasteiger partial charge in [0.25, 0.3) is 5.69 Å². The molecule has 0 radical (unpaired) electrons. The number of anilines is 1. The lowest BCUT2D eigenvalue weighted by molar-refractivity contribution is -0.384. The Morgan fingerprint density at radius 3 is 3.00 bits per heavy atom. The number of ether oxygens (including phenoxy) is 1. The number of carbonyl (C=O) groups excluding carboxylic acids is 1. The summed E-state index contributed by atoms with van der Waals surface area (Å²) in [7, 11) is 0. The Balaban J connectivity index is 1.45. The number of hydrogen-bond acceptors (Lipinski definition) is 8. The number of thioether (sulfide) groups is 1. The van der Waals surface area contributed by atoms with E-state index in [0.29, 0.717) is 17.4 Å². The summed E-state index contributed by atoms with van der Waals surface area (Å²) in [6.07, 6.45) is 2.13. The SMILES string of the molecule is O=C(CSc1nnc(-c2cccs2)n1CC1CCCO1)Nc1cccc([N+](=O)[O-])c1. The smallest absolute Gasteiger partial charge is 0.271 e. The number of nitrogens with one attached hydrogen (secondary N) is 1. The largest absolute Gasteiger partial charge is 0.376 e. The minimum absolute atomic E-state index is 0.0719. The van der Waals surface area contributed by atoms with Gasteiger partial charge in [0.2, 0.25) is 5.91 Å². The number of non-ortho nitro benzene ring substituents is 1. The minimum Gasteiger partial charge on any atom is -0.376 e. The van der Waals surface area contributed by atoms with Crippen LogP contribution >= 0.6 is 23.1 Å². The average molecular weight is 446 g/mol. The highest BCUT2D eigenvalue weighted by Crippen LogP contribution is 2.29. The fourth-order valence-electron chi connectivity index (χ4n) is 3.16. The molecule has 30 heavy (non-hydrogen) atoms. The second-order valence-electron chi connectivity index (χ2n) is 6.67. The lowest BCUT2D eigenvalue weighted by Gasteiger charge is -2.14. The summed E-state index contributed by atoms with van der Waals surface area (Å²) >= 11 is 2.86. The third-order valence-electron chi connectivity index (χ3n) is 4.54. The predicted molar refractivity (Wildman–Crippen MR) is 115 cm³/mol. The third-order valence-corrected chi connectivity index (χ3v) is 6.37. The molecular formula is C19H19N5O4S2. The van der Waals surface area contributed by atoms with E-state index in [1.165, 1.54) is 30.0 Å². The Kier molecular flexibility index (Phi) is 6.41. The number of hydrogen-bond donors (Lipinski definition) is 1. The Morgan fingerprint density at radius 1 is 1.37 bits per heavy atom. The predicted octanol–water partition coefficient (Wildman–Crippen LogP) is 3.82. The number of rotatable bonds is 8. The van der Waals surface area contributed by atoms with E-state index in [9.17, 15) is 14.9 Å². The van der Waals surface area contributed by atoms with Crippen molar-refractivity contribution in [3.63, 3.8) is 0 Å². The lowest BCUT2D eigenvalue weighted by atomic mass is 10.2. The zero-order valence-electron chi connectivity index (χ0n) is 15.9. The van der Waals surface area contributed by atoms with Gasteiger partial charge in [0.15, 0.2) is 11.0 Å². The van der Waals surface area contributed by atoms with E-state index in [2.05, 4.69) is 15.5 Å². The quantitative estimate of drug-likeness (QED) is 0.319. The zero-order valence-corrected chi connectivity index (χ0v) is 17.5. The highest BCUT2D eigenvalue weighted by molar-refractivity contribution is 7.99.